The number of carbonyl (C=O) groups is 1. The Kier molecular flexibility index (Phi) is 3.30. The summed E-state index contributed by atoms with van der Waals surface area (Å²) in [4.78, 5) is 22.4. The molecule has 3 aliphatic heterocycles. The maximum atomic E-state index is 13.5. The highest BCUT2D eigenvalue weighted by Gasteiger charge is 2.76. The summed E-state index contributed by atoms with van der Waals surface area (Å²) in [6.07, 6.45) is 5.12. The van der Waals surface area contributed by atoms with Crippen LogP contribution in [0.25, 0.3) is 22.2 Å². The van der Waals surface area contributed by atoms with Gasteiger partial charge in [-0.2, -0.15) is 0 Å². The minimum Gasteiger partial charge on any atom is -0.375 e. The SMILES string of the molecule is CC12CC(NC(=O)c3cc(-c4ccncc4)nc4ccccc34)(C1)C1(COC1)O2. The summed E-state index contributed by atoms with van der Waals surface area (Å²) in [5.74, 6) is -0.0854. The molecule has 1 aromatic carbocycles. The van der Waals surface area contributed by atoms with Gasteiger partial charge < -0.3 is 14.8 Å². The van der Waals surface area contributed by atoms with Crippen molar-refractivity contribution in [3.05, 3.63) is 60.4 Å². The lowest BCUT2D eigenvalue weighted by molar-refractivity contribution is -0.205. The molecule has 5 heterocycles. The van der Waals surface area contributed by atoms with Crippen LogP contribution in [0.2, 0.25) is 0 Å². The molecule has 7 rings (SSSR count). The van der Waals surface area contributed by atoms with Gasteiger partial charge in [0, 0.05) is 36.2 Å². The van der Waals surface area contributed by atoms with E-state index >= 15 is 0 Å². The van der Waals surface area contributed by atoms with Crippen molar-refractivity contribution in [3.8, 4) is 11.3 Å². The number of fused-ring (bicyclic) bond motifs is 1. The van der Waals surface area contributed by atoms with Gasteiger partial charge in [0.15, 0.2) is 0 Å². The average Bonchev–Trinajstić information content (AvgIpc) is 3.11. The lowest BCUT2D eigenvalue weighted by Crippen LogP contribution is -2.71. The molecule has 2 aromatic heterocycles. The average molecular weight is 387 g/mol. The zero-order valence-electron chi connectivity index (χ0n) is 16.1. The van der Waals surface area contributed by atoms with E-state index in [0.29, 0.717) is 18.8 Å². The number of nitrogens with zero attached hydrogens (tertiary/aromatic N) is 2. The standard InChI is InChI=1S/C23H21N3O3/c1-21-11-22(12-21,23(29-21)13-28-14-23)26-20(27)17-10-19(15-6-8-24-9-7-15)25-18-5-3-2-4-16(17)18/h2-10H,11-14H2,1H3,(H,26,27). The molecule has 3 aromatic rings. The van der Waals surface area contributed by atoms with Crippen LogP contribution >= 0.6 is 0 Å². The van der Waals surface area contributed by atoms with E-state index in [0.717, 1.165) is 35.0 Å². The molecule has 0 unspecified atom stereocenters. The van der Waals surface area contributed by atoms with Gasteiger partial charge in [0.2, 0.25) is 0 Å². The van der Waals surface area contributed by atoms with E-state index in [1.165, 1.54) is 0 Å². The van der Waals surface area contributed by atoms with Gasteiger partial charge in [-0.05, 0) is 31.2 Å². The van der Waals surface area contributed by atoms with Crippen LogP contribution in [0.5, 0.6) is 0 Å². The number of carbonyl (C=O) groups excluding carboxylic acids is 1. The van der Waals surface area contributed by atoms with Crippen molar-refractivity contribution in [1.82, 2.24) is 15.3 Å². The van der Waals surface area contributed by atoms with Crippen LogP contribution in [0, 0.1) is 0 Å². The highest BCUT2D eigenvalue weighted by molar-refractivity contribution is 6.07. The maximum Gasteiger partial charge on any atom is 0.252 e. The van der Waals surface area contributed by atoms with E-state index in [-0.39, 0.29) is 22.6 Å². The van der Waals surface area contributed by atoms with Gasteiger partial charge in [0.25, 0.3) is 5.91 Å². The largest absolute Gasteiger partial charge is 0.375 e. The van der Waals surface area contributed by atoms with Gasteiger partial charge in [-0.3, -0.25) is 9.78 Å². The second kappa shape index (κ2) is 5.62. The first-order valence-electron chi connectivity index (χ1n) is 9.92. The van der Waals surface area contributed by atoms with Crippen LogP contribution in [0.15, 0.2) is 54.9 Å². The molecule has 2 bridgehead atoms. The summed E-state index contributed by atoms with van der Waals surface area (Å²) in [5, 5.41) is 4.19. The normalized spacial score (nSPS) is 28.7. The molecular weight excluding hydrogens is 366 g/mol. The van der Waals surface area contributed by atoms with Gasteiger partial charge in [-0.15, -0.1) is 0 Å². The first-order chi connectivity index (χ1) is 14.0. The molecular formula is C23H21N3O3. The molecule has 6 nitrogen and oxygen atoms in total. The van der Waals surface area contributed by atoms with Crippen molar-refractivity contribution >= 4 is 16.8 Å². The van der Waals surface area contributed by atoms with Crippen molar-refractivity contribution in [2.75, 3.05) is 13.2 Å². The molecule has 1 aliphatic carbocycles. The number of amides is 1. The van der Waals surface area contributed by atoms with Crippen molar-refractivity contribution in [3.63, 3.8) is 0 Å². The molecule has 0 atom stereocenters. The van der Waals surface area contributed by atoms with Gasteiger partial charge in [-0.25, -0.2) is 4.98 Å². The van der Waals surface area contributed by atoms with Crippen LogP contribution in [-0.4, -0.2) is 45.8 Å². The van der Waals surface area contributed by atoms with Crippen molar-refractivity contribution in [2.45, 2.75) is 36.5 Å². The molecule has 4 aliphatic rings. The second-order valence-electron chi connectivity index (χ2n) is 8.74. The monoisotopic (exact) mass is 387 g/mol. The first kappa shape index (κ1) is 17.1. The van der Waals surface area contributed by atoms with Crippen LogP contribution in [0.3, 0.4) is 0 Å². The Balaban J connectivity index is 1.42. The van der Waals surface area contributed by atoms with Crippen LogP contribution in [0.1, 0.15) is 30.1 Å². The minimum absolute atomic E-state index is 0.0854. The Morgan fingerprint density at radius 2 is 1.86 bits per heavy atom. The highest BCUT2D eigenvalue weighted by Crippen LogP contribution is 2.62. The molecule has 3 saturated heterocycles. The van der Waals surface area contributed by atoms with E-state index in [2.05, 4.69) is 17.2 Å². The molecule has 1 spiro atoms. The summed E-state index contributed by atoms with van der Waals surface area (Å²) >= 11 is 0. The first-order valence-corrected chi connectivity index (χ1v) is 9.92. The number of rotatable bonds is 3. The van der Waals surface area contributed by atoms with Gasteiger partial charge in [0.1, 0.15) is 5.60 Å². The van der Waals surface area contributed by atoms with Crippen molar-refractivity contribution in [2.24, 2.45) is 0 Å². The Labute approximate surface area is 168 Å². The topological polar surface area (TPSA) is 73.3 Å². The minimum atomic E-state index is -0.381. The third kappa shape index (κ3) is 2.33. The quantitative estimate of drug-likeness (QED) is 0.748. The molecule has 4 fully saturated rings. The number of benzene rings is 1. The van der Waals surface area contributed by atoms with Gasteiger partial charge in [0.05, 0.1) is 41.1 Å². The Morgan fingerprint density at radius 1 is 1.10 bits per heavy atom. The van der Waals surface area contributed by atoms with Crippen molar-refractivity contribution in [1.29, 1.82) is 0 Å². The van der Waals surface area contributed by atoms with E-state index in [1.807, 2.05) is 42.5 Å². The number of hydrogen-bond donors (Lipinski definition) is 1. The Hall–Kier alpha value is -2.83. The molecule has 29 heavy (non-hydrogen) atoms. The predicted octanol–water partition coefficient (Wildman–Crippen LogP) is 3.12. The lowest BCUT2D eigenvalue weighted by Gasteiger charge is -2.50. The Morgan fingerprint density at radius 3 is 2.59 bits per heavy atom. The van der Waals surface area contributed by atoms with E-state index in [9.17, 15) is 4.79 Å². The summed E-state index contributed by atoms with van der Waals surface area (Å²) in [6.45, 7) is 3.21. The fraction of sp³-hybridized carbons (Fsp3) is 0.348. The molecule has 146 valence electrons. The van der Waals surface area contributed by atoms with E-state index in [1.54, 1.807) is 12.4 Å². The zero-order chi connectivity index (χ0) is 19.7. The molecule has 1 amide bonds. The highest BCUT2D eigenvalue weighted by atomic mass is 16.6. The summed E-state index contributed by atoms with van der Waals surface area (Å²) in [5.41, 5.74) is 2.24. The van der Waals surface area contributed by atoms with Crippen LogP contribution < -0.4 is 5.32 Å². The fourth-order valence-electron chi connectivity index (χ4n) is 5.33. The summed E-state index contributed by atoms with van der Waals surface area (Å²) < 4.78 is 11.8. The van der Waals surface area contributed by atoms with E-state index in [4.69, 9.17) is 14.5 Å². The van der Waals surface area contributed by atoms with E-state index < -0.39 is 0 Å². The number of pyridine rings is 2. The molecule has 0 radical (unpaired) electrons. The Bertz CT molecular complexity index is 1130. The van der Waals surface area contributed by atoms with Crippen LogP contribution in [0.4, 0.5) is 0 Å². The van der Waals surface area contributed by atoms with Gasteiger partial charge >= 0.3 is 0 Å². The third-order valence-electron chi connectivity index (χ3n) is 6.63. The molecule has 6 heteroatoms. The number of ether oxygens (including phenoxy) is 2. The number of para-hydroxylation sites is 1. The van der Waals surface area contributed by atoms with Crippen LogP contribution in [-0.2, 0) is 9.47 Å². The molecule has 1 saturated carbocycles. The third-order valence-corrected chi connectivity index (χ3v) is 6.63. The number of aromatic nitrogens is 2. The summed E-state index contributed by atoms with van der Waals surface area (Å²) in [7, 11) is 0. The van der Waals surface area contributed by atoms with Crippen molar-refractivity contribution < 1.29 is 14.3 Å². The number of hydrogen-bond acceptors (Lipinski definition) is 5. The lowest BCUT2D eigenvalue weighted by atomic mass is 9.61. The molecule has 1 N–H and O–H groups in total. The summed E-state index contributed by atoms with van der Waals surface area (Å²) in [6, 6.07) is 13.4. The number of nitrogens with one attached hydrogen (secondary N) is 1. The maximum absolute atomic E-state index is 13.5. The predicted molar refractivity (Wildman–Crippen MR) is 107 cm³/mol. The smallest absolute Gasteiger partial charge is 0.252 e. The second-order valence-corrected chi connectivity index (χ2v) is 8.74. The fourth-order valence-corrected chi connectivity index (χ4v) is 5.33. The van der Waals surface area contributed by atoms with Gasteiger partial charge in [-0.1, -0.05) is 18.2 Å². The zero-order valence-corrected chi connectivity index (χ0v) is 16.1.